The molecule has 0 amide bonds. The molecular weight excluding hydrogens is 172 g/mol. The first-order valence-electron chi connectivity index (χ1n) is 3.70. The lowest BCUT2D eigenvalue weighted by atomic mass is 10.4. The first-order valence-corrected chi connectivity index (χ1v) is 7.20. The Morgan fingerprint density at radius 2 is 2.17 bits per heavy atom. The van der Waals surface area contributed by atoms with Gasteiger partial charge in [0.05, 0.1) is 11.8 Å². The first-order chi connectivity index (χ1) is 5.43. The Balaban J connectivity index is 3.17. The van der Waals surface area contributed by atoms with E-state index in [0.29, 0.717) is 5.56 Å². The summed E-state index contributed by atoms with van der Waals surface area (Å²) in [6, 6.07) is 0. The summed E-state index contributed by atoms with van der Waals surface area (Å²) in [4.78, 5) is 10.7. The van der Waals surface area contributed by atoms with Crippen LogP contribution in [0, 0.1) is 0 Å². The van der Waals surface area contributed by atoms with Gasteiger partial charge in [0.2, 0.25) is 0 Å². The topological polar surface area (TPSA) is 66.0 Å². The van der Waals surface area contributed by atoms with Crippen LogP contribution in [0.25, 0.3) is 0 Å². The number of aromatic carboxylic acids is 1. The van der Waals surface area contributed by atoms with Crippen LogP contribution in [0.2, 0.25) is 19.6 Å². The van der Waals surface area contributed by atoms with Crippen LogP contribution in [0.1, 0.15) is 10.4 Å². The Kier molecular flexibility index (Phi) is 2.06. The molecule has 4 nitrogen and oxygen atoms in total. The minimum Gasteiger partial charge on any atom is -0.478 e. The van der Waals surface area contributed by atoms with E-state index in [4.69, 9.17) is 5.11 Å². The van der Waals surface area contributed by atoms with Gasteiger partial charge in [-0.2, -0.15) is 5.10 Å². The van der Waals surface area contributed by atoms with Gasteiger partial charge in [-0.05, 0) is 0 Å². The maximum atomic E-state index is 10.7. The number of nitrogens with zero attached hydrogens (tertiary/aromatic N) is 1. The van der Waals surface area contributed by atoms with Gasteiger partial charge in [-0.3, -0.25) is 5.10 Å². The number of H-pyrrole nitrogens is 1. The fraction of sp³-hybridized carbons (Fsp3) is 0.429. The van der Waals surface area contributed by atoms with Crippen LogP contribution in [-0.4, -0.2) is 29.3 Å². The van der Waals surface area contributed by atoms with Crippen molar-refractivity contribution in [1.82, 2.24) is 10.2 Å². The second-order valence-electron chi connectivity index (χ2n) is 3.71. The molecule has 2 N–H and O–H groups in total. The third-order valence-electron chi connectivity index (χ3n) is 1.62. The number of nitrogens with one attached hydrogen (secondary N) is 1. The summed E-state index contributed by atoms with van der Waals surface area (Å²) in [5, 5.41) is 16.1. The lowest BCUT2D eigenvalue weighted by molar-refractivity contribution is 0.0698. The van der Waals surface area contributed by atoms with Crippen molar-refractivity contribution in [1.29, 1.82) is 0 Å². The van der Waals surface area contributed by atoms with Crippen LogP contribution < -0.4 is 5.32 Å². The molecule has 66 valence electrons. The van der Waals surface area contributed by atoms with Crippen molar-refractivity contribution in [2.75, 3.05) is 0 Å². The predicted molar refractivity (Wildman–Crippen MR) is 48.5 cm³/mol. The second kappa shape index (κ2) is 2.74. The van der Waals surface area contributed by atoms with Gasteiger partial charge in [0, 0.05) is 5.32 Å². The lowest BCUT2D eigenvalue weighted by Gasteiger charge is -2.13. The van der Waals surface area contributed by atoms with Gasteiger partial charge in [0.1, 0.15) is 8.07 Å². The Morgan fingerprint density at radius 3 is 2.50 bits per heavy atom. The van der Waals surface area contributed by atoms with Gasteiger partial charge in [0.15, 0.2) is 0 Å². The molecule has 0 aliphatic heterocycles. The minimum absolute atomic E-state index is 0.314. The van der Waals surface area contributed by atoms with E-state index in [1.54, 1.807) is 0 Å². The molecular formula is C7H12N2O2Si. The van der Waals surface area contributed by atoms with Gasteiger partial charge in [0.25, 0.3) is 0 Å². The third-order valence-corrected chi connectivity index (χ3v) is 3.50. The normalized spacial score (nSPS) is 11.6. The number of hydrogen-bond acceptors (Lipinski definition) is 2. The van der Waals surface area contributed by atoms with E-state index < -0.39 is 14.0 Å². The highest BCUT2D eigenvalue weighted by Crippen LogP contribution is 2.03. The molecule has 0 fully saturated rings. The van der Waals surface area contributed by atoms with Gasteiger partial charge >= 0.3 is 5.97 Å². The van der Waals surface area contributed by atoms with E-state index in [2.05, 4.69) is 29.8 Å². The maximum Gasteiger partial charge on any atom is 0.338 e. The molecule has 0 radical (unpaired) electrons. The molecule has 0 bridgehead atoms. The summed E-state index contributed by atoms with van der Waals surface area (Å²) >= 11 is 0. The van der Waals surface area contributed by atoms with Crippen molar-refractivity contribution >= 4 is 19.4 Å². The van der Waals surface area contributed by atoms with Crippen molar-refractivity contribution in [2.45, 2.75) is 19.6 Å². The van der Waals surface area contributed by atoms with Crippen LogP contribution >= 0.6 is 0 Å². The average molecular weight is 184 g/mol. The molecule has 0 spiro atoms. The standard InChI is InChI=1S/C7H12N2O2Si/c1-12(2,3)6-5(7(10)11)4-8-9-6/h4H,1-3H3,(H,8,9)(H,10,11). The molecule has 1 aromatic rings. The first kappa shape index (κ1) is 8.99. The van der Waals surface area contributed by atoms with Crippen molar-refractivity contribution in [2.24, 2.45) is 0 Å². The van der Waals surface area contributed by atoms with Crippen LogP contribution in [0.3, 0.4) is 0 Å². The molecule has 12 heavy (non-hydrogen) atoms. The second-order valence-corrected chi connectivity index (χ2v) is 8.71. The zero-order valence-electron chi connectivity index (χ0n) is 7.38. The number of aromatic nitrogens is 2. The Bertz CT molecular complexity index is 301. The van der Waals surface area contributed by atoms with Crippen molar-refractivity contribution in [3.8, 4) is 0 Å². The molecule has 1 heterocycles. The van der Waals surface area contributed by atoms with E-state index in [0.717, 1.165) is 5.32 Å². The number of rotatable bonds is 2. The van der Waals surface area contributed by atoms with Crippen LogP contribution in [-0.2, 0) is 0 Å². The molecule has 1 aromatic heterocycles. The van der Waals surface area contributed by atoms with Crippen molar-refractivity contribution < 1.29 is 9.90 Å². The highest BCUT2D eigenvalue weighted by molar-refractivity contribution is 6.88. The van der Waals surface area contributed by atoms with E-state index in [-0.39, 0.29) is 0 Å². The third kappa shape index (κ3) is 1.55. The summed E-state index contributed by atoms with van der Waals surface area (Å²) in [5.41, 5.74) is 0.314. The summed E-state index contributed by atoms with van der Waals surface area (Å²) in [7, 11) is -1.59. The quantitative estimate of drug-likeness (QED) is 0.663. The van der Waals surface area contributed by atoms with Gasteiger partial charge < -0.3 is 5.11 Å². The van der Waals surface area contributed by atoms with Gasteiger partial charge in [-0.1, -0.05) is 19.6 Å². The van der Waals surface area contributed by atoms with E-state index in [9.17, 15) is 4.79 Å². The van der Waals surface area contributed by atoms with Crippen molar-refractivity contribution in [3.05, 3.63) is 11.8 Å². The number of carbonyl (C=O) groups is 1. The Labute approximate surface area is 71.6 Å². The smallest absolute Gasteiger partial charge is 0.338 e. The molecule has 1 rings (SSSR count). The molecule has 0 atom stereocenters. The van der Waals surface area contributed by atoms with Crippen molar-refractivity contribution in [3.63, 3.8) is 0 Å². The zero-order chi connectivity index (χ0) is 9.35. The Hall–Kier alpha value is -1.10. The minimum atomic E-state index is -1.59. The molecule has 0 aliphatic rings. The molecule has 5 heteroatoms. The molecule has 0 saturated heterocycles. The Morgan fingerprint density at radius 1 is 1.58 bits per heavy atom. The monoisotopic (exact) mass is 184 g/mol. The van der Waals surface area contributed by atoms with Gasteiger partial charge in [-0.25, -0.2) is 4.79 Å². The predicted octanol–water partition coefficient (Wildman–Crippen LogP) is 0.653. The number of carboxylic acids is 1. The average Bonchev–Trinajstić information content (AvgIpc) is 2.30. The zero-order valence-corrected chi connectivity index (χ0v) is 8.38. The number of aromatic amines is 1. The molecule has 0 saturated carbocycles. The largest absolute Gasteiger partial charge is 0.478 e. The highest BCUT2D eigenvalue weighted by Gasteiger charge is 2.25. The molecule has 0 unspecified atom stereocenters. The summed E-state index contributed by atoms with van der Waals surface area (Å²) < 4.78 is 0. The SMILES string of the molecule is C[Si](C)(C)c1[nH]ncc1C(=O)O. The fourth-order valence-corrected chi connectivity index (χ4v) is 2.40. The van der Waals surface area contributed by atoms with E-state index in [1.165, 1.54) is 6.20 Å². The van der Waals surface area contributed by atoms with E-state index >= 15 is 0 Å². The van der Waals surface area contributed by atoms with Gasteiger partial charge in [-0.15, -0.1) is 0 Å². The summed E-state index contributed by atoms with van der Waals surface area (Å²) in [5.74, 6) is -0.902. The van der Waals surface area contributed by atoms with Crippen LogP contribution in [0.5, 0.6) is 0 Å². The summed E-state index contributed by atoms with van der Waals surface area (Å²) in [6.07, 6.45) is 1.37. The van der Waals surface area contributed by atoms with Crippen LogP contribution in [0.15, 0.2) is 6.20 Å². The lowest BCUT2D eigenvalue weighted by Crippen LogP contribution is -2.42. The maximum absolute atomic E-state index is 10.7. The van der Waals surface area contributed by atoms with E-state index in [1.807, 2.05) is 0 Å². The molecule has 0 aliphatic carbocycles. The number of hydrogen-bond donors (Lipinski definition) is 2. The fourth-order valence-electron chi connectivity index (χ4n) is 1.02. The highest BCUT2D eigenvalue weighted by atomic mass is 28.3. The summed E-state index contributed by atoms with van der Waals surface area (Å²) in [6.45, 7) is 6.23. The van der Waals surface area contributed by atoms with Crippen LogP contribution in [0.4, 0.5) is 0 Å². The number of carboxylic acid groups (broad SMARTS) is 1. The molecule has 0 aromatic carbocycles.